The molecule has 0 bridgehead atoms. The minimum atomic E-state index is -0.0239. The first kappa shape index (κ1) is 21.6. The predicted molar refractivity (Wildman–Crippen MR) is 119 cm³/mol. The van der Waals surface area contributed by atoms with Crippen LogP contribution < -0.4 is 10.6 Å². The van der Waals surface area contributed by atoms with Crippen LogP contribution in [-0.2, 0) is 11.3 Å². The summed E-state index contributed by atoms with van der Waals surface area (Å²) in [4.78, 5) is 34.6. The third-order valence-electron chi connectivity index (χ3n) is 6.53. The Balaban J connectivity index is 1.23. The smallest absolute Gasteiger partial charge is 0.253 e. The normalized spacial score (nSPS) is 21.3. The largest absolute Gasteiger partial charge is 0.365 e. The van der Waals surface area contributed by atoms with Crippen molar-refractivity contribution in [2.24, 2.45) is 5.92 Å². The maximum Gasteiger partial charge on any atom is 0.253 e. The molecule has 8 nitrogen and oxygen atoms in total. The molecule has 2 atom stereocenters. The molecule has 2 fully saturated rings. The molecule has 0 spiro atoms. The number of hydrogen-bond donors (Lipinski definition) is 3. The Morgan fingerprint density at radius 1 is 1.19 bits per heavy atom. The van der Waals surface area contributed by atoms with Crippen LogP contribution in [0.3, 0.4) is 0 Å². The van der Waals surface area contributed by atoms with Gasteiger partial charge in [-0.3, -0.25) is 14.5 Å². The minimum Gasteiger partial charge on any atom is -0.365 e. The van der Waals surface area contributed by atoms with E-state index in [4.69, 9.17) is 0 Å². The van der Waals surface area contributed by atoms with Crippen molar-refractivity contribution in [1.82, 2.24) is 30.1 Å². The molecule has 31 heavy (non-hydrogen) atoms. The maximum atomic E-state index is 12.5. The number of aromatic nitrogens is 3. The van der Waals surface area contributed by atoms with Gasteiger partial charge in [-0.15, -0.1) is 0 Å². The number of nitrogens with one attached hydrogen (secondary N) is 3. The van der Waals surface area contributed by atoms with E-state index in [1.165, 1.54) is 12.8 Å². The highest BCUT2D eigenvalue weighted by Crippen LogP contribution is 2.35. The number of nitrogens with zero attached hydrogens (tertiary/aromatic N) is 3. The Kier molecular flexibility index (Phi) is 7.06. The molecule has 4 rings (SSSR count). The Morgan fingerprint density at radius 3 is 2.74 bits per heavy atom. The highest BCUT2D eigenvalue weighted by Gasteiger charge is 2.38. The van der Waals surface area contributed by atoms with Crippen LogP contribution in [0.5, 0.6) is 0 Å². The summed E-state index contributed by atoms with van der Waals surface area (Å²) in [6, 6.07) is 2.40. The van der Waals surface area contributed by atoms with Crippen LogP contribution in [-0.4, -0.2) is 63.0 Å². The van der Waals surface area contributed by atoms with Gasteiger partial charge in [0.1, 0.15) is 0 Å². The van der Waals surface area contributed by atoms with Gasteiger partial charge in [-0.1, -0.05) is 0 Å². The lowest BCUT2D eigenvalue weighted by atomic mass is 10.1. The van der Waals surface area contributed by atoms with E-state index in [-0.39, 0.29) is 17.9 Å². The summed E-state index contributed by atoms with van der Waals surface area (Å²) < 4.78 is 2.02. The summed E-state index contributed by atoms with van der Waals surface area (Å²) in [7, 11) is 0. The van der Waals surface area contributed by atoms with Crippen LogP contribution in [0, 0.1) is 12.8 Å². The molecule has 0 radical (unpaired) electrons. The quantitative estimate of drug-likeness (QED) is 0.480. The molecule has 1 saturated carbocycles. The lowest BCUT2D eigenvalue weighted by Crippen LogP contribution is -2.45. The van der Waals surface area contributed by atoms with Crippen molar-refractivity contribution in [3.63, 3.8) is 0 Å². The number of aromatic amines is 1. The van der Waals surface area contributed by atoms with E-state index < -0.39 is 0 Å². The van der Waals surface area contributed by atoms with Crippen molar-refractivity contribution in [3.8, 4) is 0 Å². The lowest BCUT2D eigenvalue weighted by molar-refractivity contribution is -0.122. The lowest BCUT2D eigenvalue weighted by Gasteiger charge is -2.30. The number of hydrogen-bond acceptors (Lipinski definition) is 4. The number of amides is 2. The molecule has 2 aliphatic rings. The Labute approximate surface area is 183 Å². The summed E-state index contributed by atoms with van der Waals surface area (Å²) >= 11 is 0. The Bertz CT molecular complexity index is 857. The zero-order valence-electron chi connectivity index (χ0n) is 18.3. The van der Waals surface area contributed by atoms with Gasteiger partial charge in [-0.25, -0.2) is 4.98 Å². The van der Waals surface area contributed by atoms with Gasteiger partial charge in [0.2, 0.25) is 5.91 Å². The van der Waals surface area contributed by atoms with Crippen LogP contribution in [0.4, 0.5) is 0 Å². The van der Waals surface area contributed by atoms with E-state index in [9.17, 15) is 9.59 Å². The number of carbonyl (C=O) groups excluding carboxylic acids is 2. The van der Waals surface area contributed by atoms with E-state index in [1.54, 1.807) is 18.7 Å². The number of aryl methyl sites for hydroxylation is 2. The zero-order valence-corrected chi connectivity index (χ0v) is 18.3. The molecule has 8 heteroatoms. The maximum absolute atomic E-state index is 12.5. The fourth-order valence-corrected chi connectivity index (χ4v) is 4.55. The summed E-state index contributed by atoms with van der Waals surface area (Å²) in [6.45, 7) is 5.14. The predicted octanol–water partition coefficient (Wildman–Crippen LogP) is 2.09. The fraction of sp³-hybridized carbons (Fsp3) is 0.609. The molecule has 1 saturated heterocycles. The first-order valence-corrected chi connectivity index (χ1v) is 11.5. The molecule has 2 aromatic rings. The third-order valence-corrected chi connectivity index (χ3v) is 6.53. The number of imidazole rings is 1. The third kappa shape index (κ3) is 5.97. The van der Waals surface area contributed by atoms with Crippen molar-refractivity contribution < 1.29 is 9.59 Å². The number of H-pyrrole nitrogens is 1. The van der Waals surface area contributed by atoms with Crippen molar-refractivity contribution in [1.29, 1.82) is 0 Å². The molecule has 2 amide bonds. The van der Waals surface area contributed by atoms with Gasteiger partial charge in [0.05, 0.1) is 11.9 Å². The van der Waals surface area contributed by atoms with Gasteiger partial charge >= 0.3 is 0 Å². The average Bonchev–Trinajstić information content (AvgIpc) is 3.10. The highest BCUT2D eigenvalue weighted by atomic mass is 16.2. The summed E-state index contributed by atoms with van der Waals surface area (Å²) in [5, 5.41) is 6.19. The van der Waals surface area contributed by atoms with E-state index >= 15 is 0 Å². The van der Waals surface area contributed by atoms with Gasteiger partial charge in [0.25, 0.3) is 5.91 Å². The number of likely N-dealkylation sites (tertiary alicyclic amines) is 1. The topological polar surface area (TPSA) is 95.0 Å². The highest BCUT2D eigenvalue weighted by molar-refractivity contribution is 5.95. The summed E-state index contributed by atoms with van der Waals surface area (Å²) in [5.41, 5.74) is 1.60. The molecule has 1 aliphatic carbocycles. The Hall–Kier alpha value is -2.61. The van der Waals surface area contributed by atoms with Crippen LogP contribution in [0.2, 0.25) is 0 Å². The molecular weight excluding hydrogens is 392 g/mol. The Morgan fingerprint density at radius 2 is 2.03 bits per heavy atom. The van der Waals surface area contributed by atoms with Crippen LogP contribution in [0.15, 0.2) is 31.0 Å². The van der Waals surface area contributed by atoms with E-state index in [0.29, 0.717) is 31.1 Å². The van der Waals surface area contributed by atoms with Crippen LogP contribution >= 0.6 is 0 Å². The van der Waals surface area contributed by atoms with Crippen molar-refractivity contribution >= 4 is 11.8 Å². The summed E-state index contributed by atoms with van der Waals surface area (Å²) in [6.07, 6.45) is 13.3. The molecule has 1 aliphatic heterocycles. The SMILES string of the molecule is Cc1[nH]ccc1C(=O)NC[C@@H]1CC[C@H](CC(=O)NCCCn2ccnc2)N1CC1CC1. The van der Waals surface area contributed by atoms with E-state index in [1.807, 2.05) is 23.8 Å². The monoisotopic (exact) mass is 426 g/mol. The van der Waals surface area contributed by atoms with Gasteiger partial charge in [-0.2, -0.15) is 0 Å². The molecule has 0 unspecified atom stereocenters. The molecular formula is C23H34N6O2. The van der Waals surface area contributed by atoms with E-state index in [2.05, 4.69) is 25.5 Å². The second kappa shape index (κ2) is 10.1. The van der Waals surface area contributed by atoms with Gasteiger partial charge in [0.15, 0.2) is 0 Å². The van der Waals surface area contributed by atoms with Gasteiger partial charge in [0, 0.05) is 69.0 Å². The molecule has 168 valence electrons. The number of rotatable bonds is 11. The first-order valence-electron chi connectivity index (χ1n) is 11.5. The first-order chi connectivity index (χ1) is 15.1. The van der Waals surface area contributed by atoms with Crippen molar-refractivity contribution in [2.45, 2.75) is 64.1 Å². The van der Waals surface area contributed by atoms with Gasteiger partial charge < -0.3 is 20.2 Å². The van der Waals surface area contributed by atoms with Gasteiger partial charge in [-0.05, 0) is 51.0 Å². The zero-order chi connectivity index (χ0) is 21.6. The van der Waals surface area contributed by atoms with Crippen molar-refractivity contribution in [3.05, 3.63) is 42.2 Å². The summed E-state index contributed by atoms with van der Waals surface area (Å²) in [5.74, 6) is 0.859. The molecule has 2 aromatic heterocycles. The average molecular weight is 427 g/mol. The molecule has 3 N–H and O–H groups in total. The second-order valence-corrected chi connectivity index (χ2v) is 8.96. The second-order valence-electron chi connectivity index (χ2n) is 8.96. The fourth-order valence-electron chi connectivity index (χ4n) is 4.55. The molecule has 0 aromatic carbocycles. The number of carbonyl (C=O) groups is 2. The molecule has 3 heterocycles. The van der Waals surface area contributed by atoms with E-state index in [0.717, 1.165) is 44.0 Å². The van der Waals surface area contributed by atoms with Crippen LogP contribution in [0.25, 0.3) is 0 Å². The standard InChI is InChI=1S/C23H34N6O2/c1-17-21(7-9-25-17)23(31)27-14-20-6-5-19(29(20)15-18-3-4-18)13-22(30)26-8-2-11-28-12-10-24-16-28/h7,9-10,12,16,18-20,25H,2-6,8,11,13-15H2,1H3,(H,26,30)(H,27,31)/t19-,20+/m1/s1. The minimum absolute atomic E-state index is 0.0239. The van der Waals surface area contributed by atoms with Crippen LogP contribution in [0.1, 0.15) is 54.6 Å². The van der Waals surface area contributed by atoms with Crippen molar-refractivity contribution in [2.75, 3.05) is 19.6 Å².